The fraction of sp³-hybridized carbons (Fsp3) is 0.261. The van der Waals surface area contributed by atoms with E-state index < -0.39 is 6.03 Å². The van der Waals surface area contributed by atoms with Crippen LogP contribution in [-0.2, 0) is 5.41 Å². The monoisotopic (exact) mass is 435 g/mol. The Morgan fingerprint density at radius 1 is 1.12 bits per heavy atom. The van der Waals surface area contributed by atoms with Gasteiger partial charge in [0.25, 0.3) is 0 Å². The molecule has 9 heteroatoms. The summed E-state index contributed by atoms with van der Waals surface area (Å²) in [5.74, 6) is 1.71. The minimum absolute atomic E-state index is 0.0402. The molecule has 0 aliphatic carbocycles. The number of benzene rings is 2. The number of hydrogen-bond donors (Lipinski definition) is 3. The van der Waals surface area contributed by atoms with E-state index in [1.54, 1.807) is 12.4 Å². The Kier molecular flexibility index (Phi) is 5.83. The van der Waals surface area contributed by atoms with Crippen LogP contribution in [0.1, 0.15) is 26.5 Å². The summed E-state index contributed by atoms with van der Waals surface area (Å²) >= 11 is 0. The predicted octanol–water partition coefficient (Wildman–Crippen LogP) is 4.33. The number of rotatable bonds is 6. The van der Waals surface area contributed by atoms with Gasteiger partial charge in [0, 0.05) is 28.9 Å². The van der Waals surface area contributed by atoms with Crippen molar-refractivity contribution in [3.63, 3.8) is 0 Å². The van der Waals surface area contributed by atoms with Crippen LogP contribution in [0.3, 0.4) is 0 Å². The van der Waals surface area contributed by atoms with Gasteiger partial charge < -0.3 is 19.7 Å². The van der Waals surface area contributed by atoms with Crippen LogP contribution in [0.5, 0.6) is 5.75 Å². The lowest BCUT2D eigenvalue weighted by Crippen LogP contribution is -2.19. The second-order valence-electron chi connectivity index (χ2n) is 8.29. The molecular weight excluding hydrogens is 410 g/mol. The number of aliphatic hydroxyl groups is 1. The molecule has 0 aliphatic heterocycles. The zero-order valence-corrected chi connectivity index (χ0v) is 18.1. The van der Waals surface area contributed by atoms with E-state index in [1.165, 1.54) is 0 Å². The van der Waals surface area contributed by atoms with Gasteiger partial charge in [0.1, 0.15) is 24.4 Å². The third-order valence-electron chi connectivity index (χ3n) is 4.77. The van der Waals surface area contributed by atoms with Gasteiger partial charge in [-0.15, -0.1) is 0 Å². The van der Waals surface area contributed by atoms with Crippen molar-refractivity contribution in [1.82, 2.24) is 14.7 Å². The number of carbonyl (C=O) groups excluding carboxylic acids is 1. The molecule has 0 bridgehead atoms. The van der Waals surface area contributed by atoms with Crippen LogP contribution in [0.15, 0.2) is 59.4 Å². The van der Waals surface area contributed by atoms with E-state index in [4.69, 9.17) is 14.4 Å². The Hall–Kier alpha value is -3.85. The normalized spacial score (nSPS) is 11.5. The first-order valence-electron chi connectivity index (χ1n) is 10.2. The van der Waals surface area contributed by atoms with Gasteiger partial charge in [0.15, 0.2) is 5.82 Å². The number of ether oxygens (including phenoxy) is 1. The number of nitrogens with one attached hydrogen (secondary N) is 2. The number of anilines is 2. The first kappa shape index (κ1) is 21.4. The van der Waals surface area contributed by atoms with E-state index in [1.807, 2.05) is 67.8 Å². The van der Waals surface area contributed by atoms with Crippen LogP contribution in [-0.4, -0.2) is 39.1 Å². The molecule has 0 saturated carbocycles. The van der Waals surface area contributed by atoms with E-state index in [-0.39, 0.29) is 18.6 Å². The first-order chi connectivity index (χ1) is 15.3. The molecule has 2 amide bonds. The Bertz CT molecular complexity index is 1220. The lowest BCUT2D eigenvalue weighted by atomic mass is 9.93. The maximum absolute atomic E-state index is 12.3. The van der Waals surface area contributed by atoms with E-state index in [0.717, 1.165) is 16.7 Å². The standard InChI is InChI=1S/C23H25N5O4/c1-23(2,3)20-13-21(27-32-20)26-22(30)25-15-4-6-16(7-5-15)28-14-24-18-12-17(31-11-10-29)8-9-19(18)28/h4-9,12-14,29H,10-11H2,1-3H3,(H2,25,26,27,30). The summed E-state index contributed by atoms with van der Waals surface area (Å²) in [5, 5.41) is 18.2. The summed E-state index contributed by atoms with van der Waals surface area (Å²) in [4.78, 5) is 16.7. The van der Waals surface area contributed by atoms with Crippen molar-refractivity contribution in [1.29, 1.82) is 0 Å². The zero-order chi connectivity index (χ0) is 22.7. The van der Waals surface area contributed by atoms with Crippen LogP contribution >= 0.6 is 0 Å². The topological polar surface area (TPSA) is 114 Å². The molecular formula is C23H25N5O4. The number of aliphatic hydroxyl groups excluding tert-OH is 1. The second-order valence-corrected chi connectivity index (χ2v) is 8.29. The molecule has 0 atom stereocenters. The summed E-state index contributed by atoms with van der Waals surface area (Å²) in [7, 11) is 0. The van der Waals surface area contributed by atoms with Gasteiger partial charge in [-0.25, -0.2) is 9.78 Å². The van der Waals surface area contributed by atoms with E-state index in [2.05, 4.69) is 20.8 Å². The van der Waals surface area contributed by atoms with Crippen LogP contribution in [0.4, 0.5) is 16.3 Å². The quantitative estimate of drug-likeness (QED) is 0.415. The fourth-order valence-corrected chi connectivity index (χ4v) is 3.12. The van der Waals surface area contributed by atoms with Gasteiger partial charge in [-0.3, -0.25) is 9.88 Å². The minimum atomic E-state index is -0.407. The summed E-state index contributed by atoms with van der Waals surface area (Å²) in [6.45, 7) is 6.22. The molecule has 3 N–H and O–H groups in total. The zero-order valence-electron chi connectivity index (χ0n) is 18.1. The molecule has 0 spiro atoms. The van der Waals surface area contributed by atoms with Crippen molar-refractivity contribution >= 4 is 28.6 Å². The summed E-state index contributed by atoms with van der Waals surface area (Å²) in [6, 6.07) is 14.3. The molecule has 4 aromatic rings. The van der Waals surface area contributed by atoms with Crippen molar-refractivity contribution < 1.29 is 19.2 Å². The number of hydrogen-bond acceptors (Lipinski definition) is 6. The van der Waals surface area contributed by atoms with Gasteiger partial charge in [0.05, 0.1) is 17.6 Å². The molecule has 2 aromatic carbocycles. The van der Waals surface area contributed by atoms with Crippen LogP contribution < -0.4 is 15.4 Å². The van der Waals surface area contributed by atoms with Crippen molar-refractivity contribution in [2.45, 2.75) is 26.2 Å². The smallest absolute Gasteiger partial charge is 0.324 e. The van der Waals surface area contributed by atoms with Gasteiger partial charge in [0.2, 0.25) is 0 Å². The Morgan fingerprint density at radius 3 is 2.59 bits per heavy atom. The van der Waals surface area contributed by atoms with Crippen LogP contribution in [0.25, 0.3) is 16.7 Å². The molecule has 2 aromatic heterocycles. The highest BCUT2D eigenvalue weighted by atomic mass is 16.5. The molecule has 4 rings (SSSR count). The lowest BCUT2D eigenvalue weighted by molar-refractivity contribution is 0.201. The highest BCUT2D eigenvalue weighted by Crippen LogP contribution is 2.25. The van der Waals surface area contributed by atoms with E-state index in [0.29, 0.717) is 23.0 Å². The largest absolute Gasteiger partial charge is 0.491 e. The molecule has 0 radical (unpaired) electrons. The minimum Gasteiger partial charge on any atom is -0.491 e. The average molecular weight is 435 g/mol. The van der Waals surface area contributed by atoms with E-state index >= 15 is 0 Å². The molecule has 0 aliphatic rings. The highest BCUT2D eigenvalue weighted by Gasteiger charge is 2.20. The van der Waals surface area contributed by atoms with Gasteiger partial charge >= 0.3 is 6.03 Å². The summed E-state index contributed by atoms with van der Waals surface area (Å²) in [5.41, 5.74) is 3.04. The molecule has 0 saturated heterocycles. The lowest BCUT2D eigenvalue weighted by Gasteiger charge is -2.12. The van der Waals surface area contributed by atoms with Crippen molar-refractivity contribution in [3.8, 4) is 11.4 Å². The fourth-order valence-electron chi connectivity index (χ4n) is 3.12. The highest BCUT2D eigenvalue weighted by molar-refractivity contribution is 5.99. The van der Waals surface area contributed by atoms with Crippen LogP contribution in [0.2, 0.25) is 0 Å². The first-order valence-corrected chi connectivity index (χ1v) is 10.2. The van der Waals surface area contributed by atoms with Gasteiger partial charge in [-0.2, -0.15) is 0 Å². The summed E-state index contributed by atoms with van der Waals surface area (Å²) < 4.78 is 12.7. The van der Waals surface area contributed by atoms with Crippen molar-refractivity contribution in [2.75, 3.05) is 23.8 Å². The van der Waals surface area contributed by atoms with E-state index in [9.17, 15) is 4.79 Å². The molecule has 0 fully saturated rings. The Labute approximate surface area is 185 Å². The summed E-state index contributed by atoms with van der Waals surface area (Å²) in [6.07, 6.45) is 1.73. The number of aromatic nitrogens is 3. The average Bonchev–Trinajstić information content (AvgIpc) is 3.39. The molecule has 2 heterocycles. The predicted molar refractivity (Wildman–Crippen MR) is 121 cm³/mol. The molecule has 9 nitrogen and oxygen atoms in total. The number of imidazole rings is 1. The van der Waals surface area contributed by atoms with Crippen LogP contribution in [0, 0.1) is 0 Å². The van der Waals surface area contributed by atoms with Gasteiger partial charge in [-0.05, 0) is 36.4 Å². The van der Waals surface area contributed by atoms with Crippen molar-refractivity contribution in [3.05, 3.63) is 60.6 Å². The molecule has 0 unspecified atom stereocenters. The number of carbonyl (C=O) groups is 1. The molecule has 166 valence electrons. The SMILES string of the molecule is CC(C)(C)c1cc(NC(=O)Nc2ccc(-n3cnc4cc(OCCO)ccc43)cc2)no1. The Morgan fingerprint density at radius 2 is 1.91 bits per heavy atom. The number of amides is 2. The maximum atomic E-state index is 12.3. The van der Waals surface area contributed by atoms with Crippen molar-refractivity contribution in [2.24, 2.45) is 0 Å². The third-order valence-corrected chi connectivity index (χ3v) is 4.77. The maximum Gasteiger partial charge on any atom is 0.324 e. The Balaban J connectivity index is 1.43. The third kappa shape index (κ3) is 4.73. The molecule has 32 heavy (non-hydrogen) atoms. The van der Waals surface area contributed by atoms with Gasteiger partial charge in [-0.1, -0.05) is 25.9 Å². The number of urea groups is 1. The number of nitrogens with zero attached hydrogens (tertiary/aromatic N) is 3. The number of fused-ring (bicyclic) bond motifs is 1. The second kappa shape index (κ2) is 8.72.